The van der Waals surface area contributed by atoms with Crippen molar-refractivity contribution in [3.8, 4) is 5.75 Å². The summed E-state index contributed by atoms with van der Waals surface area (Å²) in [7, 11) is 3.44. The van der Waals surface area contributed by atoms with Gasteiger partial charge in [-0.05, 0) is 46.7 Å². The first kappa shape index (κ1) is 16.2. The van der Waals surface area contributed by atoms with Crippen LogP contribution in [0.25, 0.3) is 10.8 Å². The molecule has 122 valence electrons. The number of hydrogen-bond acceptors (Lipinski definition) is 3. The second-order valence-corrected chi connectivity index (χ2v) is 6.03. The topological polar surface area (TPSA) is 45.3 Å². The van der Waals surface area contributed by atoms with Crippen LogP contribution in [0.4, 0.5) is 0 Å². The van der Waals surface area contributed by atoms with Crippen LogP contribution in [-0.2, 0) is 6.54 Å². The quantitative estimate of drug-likeness (QED) is 0.726. The summed E-state index contributed by atoms with van der Waals surface area (Å²) >= 11 is 5.18. The van der Waals surface area contributed by atoms with E-state index in [1.165, 1.54) is 0 Å². The van der Waals surface area contributed by atoms with Gasteiger partial charge in [0.05, 0.1) is 12.7 Å². The molecule has 1 aromatic heterocycles. The number of aromatic nitrogens is 1. The van der Waals surface area contributed by atoms with Crippen molar-refractivity contribution in [1.82, 2.24) is 9.88 Å². The predicted molar refractivity (Wildman–Crippen MR) is 97.9 cm³/mol. The summed E-state index contributed by atoms with van der Waals surface area (Å²) in [6, 6.07) is 15.6. The fourth-order valence-electron chi connectivity index (χ4n) is 2.64. The van der Waals surface area contributed by atoms with Crippen LogP contribution in [0.5, 0.6) is 5.75 Å². The Balaban J connectivity index is 1.82. The molecule has 0 spiro atoms. The van der Waals surface area contributed by atoms with Crippen molar-refractivity contribution in [2.75, 3.05) is 14.2 Å². The minimum atomic E-state index is -0.0910. The standard InChI is InChI=1S/C19H18N2O2S/c1-21(19(22)17-4-3-9-20-18(17)24)12-13-5-6-15-11-16(23-2)8-7-14(15)10-13/h3-11H,12H2,1-2H3,(H,20,24). The lowest BCUT2D eigenvalue weighted by Gasteiger charge is -2.17. The van der Waals surface area contributed by atoms with Crippen LogP contribution < -0.4 is 4.74 Å². The van der Waals surface area contributed by atoms with E-state index in [0.717, 1.165) is 22.1 Å². The molecule has 1 amide bonds. The zero-order valence-electron chi connectivity index (χ0n) is 13.6. The van der Waals surface area contributed by atoms with Crippen LogP contribution in [0.15, 0.2) is 54.7 Å². The Kier molecular flexibility index (Phi) is 4.62. The van der Waals surface area contributed by atoms with Crippen LogP contribution in [0.3, 0.4) is 0 Å². The van der Waals surface area contributed by atoms with Gasteiger partial charge in [-0.25, -0.2) is 0 Å². The summed E-state index contributed by atoms with van der Waals surface area (Å²) in [5.74, 6) is 0.743. The molecule has 4 nitrogen and oxygen atoms in total. The third kappa shape index (κ3) is 3.31. The van der Waals surface area contributed by atoms with E-state index in [4.69, 9.17) is 17.0 Å². The molecule has 3 rings (SSSR count). The van der Waals surface area contributed by atoms with Gasteiger partial charge in [0.15, 0.2) is 0 Å². The first-order valence-corrected chi connectivity index (χ1v) is 7.99. The number of ether oxygens (including phenoxy) is 1. The highest BCUT2D eigenvalue weighted by Crippen LogP contribution is 2.22. The van der Waals surface area contributed by atoms with Crippen LogP contribution >= 0.6 is 12.2 Å². The van der Waals surface area contributed by atoms with E-state index >= 15 is 0 Å². The summed E-state index contributed by atoms with van der Waals surface area (Å²) < 4.78 is 5.70. The molecule has 0 bridgehead atoms. The van der Waals surface area contributed by atoms with Crippen LogP contribution in [0, 0.1) is 4.64 Å². The maximum atomic E-state index is 12.5. The molecule has 5 heteroatoms. The zero-order chi connectivity index (χ0) is 17.1. The van der Waals surface area contributed by atoms with E-state index < -0.39 is 0 Å². The molecule has 0 radical (unpaired) electrons. The van der Waals surface area contributed by atoms with Gasteiger partial charge in [-0.1, -0.05) is 30.4 Å². The summed E-state index contributed by atoms with van der Waals surface area (Å²) in [4.78, 5) is 17.1. The van der Waals surface area contributed by atoms with E-state index in [1.54, 1.807) is 37.4 Å². The number of hydrogen-bond donors (Lipinski definition) is 1. The van der Waals surface area contributed by atoms with Crippen LogP contribution in [0.2, 0.25) is 0 Å². The van der Waals surface area contributed by atoms with Crippen LogP contribution in [-0.4, -0.2) is 29.9 Å². The Morgan fingerprint density at radius 3 is 2.67 bits per heavy atom. The average Bonchev–Trinajstić information content (AvgIpc) is 2.61. The molecule has 0 aliphatic carbocycles. The number of benzene rings is 2. The van der Waals surface area contributed by atoms with E-state index in [1.807, 2.05) is 30.3 Å². The van der Waals surface area contributed by atoms with Gasteiger partial charge in [0.2, 0.25) is 0 Å². The number of H-pyrrole nitrogens is 1. The number of carbonyl (C=O) groups is 1. The summed E-state index contributed by atoms with van der Waals surface area (Å²) in [5.41, 5.74) is 1.58. The average molecular weight is 338 g/mol. The van der Waals surface area contributed by atoms with E-state index in [-0.39, 0.29) is 5.91 Å². The molecule has 0 atom stereocenters. The second-order valence-electron chi connectivity index (χ2n) is 5.62. The third-order valence-corrected chi connectivity index (χ3v) is 4.26. The van der Waals surface area contributed by atoms with Crippen molar-refractivity contribution in [1.29, 1.82) is 0 Å². The molecule has 0 aliphatic rings. The highest BCUT2D eigenvalue weighted by molar-refractivity contribution is 7.71. The van der Waals surface area contributed by atoms with Gasteiger partial charge >= 0.3 is 0 Å². The fraction of sp³-hybridized carbons (Fsp3) is 0.158. The van der Waals surface area contributed by atoms with Gasteiger partial charge in [0.1, 0.15) is 10.4 Å². The molecule has 0 aliphatic heterocycles. The molecule has 1 N–H and O–H groups in total. The minimum absolute atomic E-state index is 0.0910. The lowest BCUT2D eigenvalue weighted by molar-refractivity contribution is 0.0784. The van der Waals surface area contributed by atoms with Crippen molar-refractivity contribution in [3.05, 3.63) is 70.5 Å². The summed E-state index contributed by atoms with van der Waals surface area (Å²) in [5, 5.41) is 2.23. The summed E-state index contributed by atoms with van der Waals surface area (Å²) in [6.45, 7) is 0.518. The van der Waals surface area contributed by atoms with Gasteiger partial charge in [0.25, 0.3) is 5.91 Å². The maximum Gasteiger partial charge on any atom is 0.256 e. The molecule has 2 aromatic carbocycles. The first-order valence-electron chi connectivity index (χ1n) is 7.58. The molecule has 24 heavy (non-hydrogen) atoms. The highest BCUT2D eigenvalue weighted by atomic mass is 32.1. The third-order valence-electron chi connectivity index (χ3n) is 3.93. The molecule has 0 saturated carbocycles. The van der Waals surface area contributed by atoms with Gasteiger partial charge < -0.3 is 14.6 Å². The summed E-state index contributed by atoms with van der Waals surface area (Å²) in [6.07, 6.45) is 1.72. The molecule has 1 heterocycles. The number of rotatable bonds is 4. The van der Waals surface area contributed by atoms with E-state index in [2.05, 4.69) is 11.1 Å². The van der Waals surface area contributed by atoms with Crippen LogP contribution in [0.1, 0.15) is 15.9 Å². The molecule has 0 unspecified atom stereocenters. The van der Waals surface area contributed by atoms with Crippen molar-refractivity contribution < 1.29 is 9.53 Å². The van der Waals surface area contributed by atoms with Crippen molar-refractivity contribution in [2.45, 2.75) is 6.54 Å². The lowest BCUT2D eigenvalue weighted by Crippen LogP contribution is -2.26. The predicted octanol–water partition coefficient (Wildman–Crippen LogP) is 4.18. The smallest absolute Gasteiger partial charge is 0.256 e. The molecular formula is C19H18N2O2S. The number of pyridine rings is 1. The van der Waals surface area contributed by atoms with Crippen molar-refractivity contribution in [2.24, 2.45) is 0 Å². The Hall–Kier alpha value is -2.66. The maximum absolute atomic E-state index is 12.5. The zero-order valence-corrected chi connectivity index (χ0v) is 14.4. The number of amides is 1. The minimum Gasteiger partial charge on any atom is -0.497 e. The number of aromatic amines is 1. The normalized spacial score (nSPS) is 10.6. The first-order chi connectivity index (χ1) is 11.6. The number of nitrogens with zero attached hydrogens (tertiary/aromatic N) is 1. The Morgan fingerprint density at radius 2 is 1.92 bits per heavy atom. The van der Waals surface area contributed by atoms with Crippen molar-refractivity contribution >= 4 is 28.9 Å². The number of carbonyl (C=O) groups excluding carboxylic acids is 1. The molecule has 3 aromatic rings. The Morgan fingerprint density at radius 1 is 1.17 bits per heavy atom. The number of fused-ring (bicyclic) bond motifs is 1. The van der Waals surface area contributed by atoms with Gasteiger partial charge in [-0.15, -0.1) is 0 Å². The molecule has 0 saturated heterocycles. The van der Waals surface area contributed by atoms with Gasteiger partial charge in [0, 0.05) is 19.8 Å². The molecule has 0 fully saturated rings. The number of nitrogens with one attached hydrogen (secondary N) is 1. The van der Waals surface area contributed by atoms with E-state index in [9.17, 15) is 4.79 Å². The molecular weight excluding hydrogens is 320 g/mol. The number of methoxy groups -OCH3 is 1. The lowest BCUT2D eigenvalue weighted by atomic mass is 10.1. The van der Waals surface area contributed by atoms with Crippen molar-refractivity contribution in [3.63, 3.8) is 0 Å². The van der Waals surface area contributed by atoms with E-state index in [0.29, 0.717) is 16.7 Å². The Labute approximate surface area is 145 Å². The fourth-order valence-corrected chi connectivity index (χ4v) is 2.86. The largest absolute Gasteiger partial charge is 0.497 e. The highest BCUT2D eigenvalue weighted by Gasteiger charge is 2.13. The van der Waals surface area contributed by atoms with Gasteiger partial charge in [-0.2, -0.15) is 0 Å². The van der Waals surface area contributed by atoms with Gasteiger partial charge in [-0.3, -0.25) is 4.79 Å². The second kappa shape index (κ2) is 6.84. The SMILES string of the molecule is COc1ccc2cc(CN(C)C(=O)c3ccc[nH]c3=S)ccc2c1. The monoisotopic (exact) mass is 338 g/mol. The Bertz CT molecular complexity index is 949.